The maximum atomic E-state index is 13.0. The van der Waals surface area contributed by atoms with Gasteiger partial charge in [-0.3, -0.25) is 9.88 Å². The number of rotatable bonds is 7. The average Bonchev–Trinajstić information content (AvgIpc) is 2.76. The molecule has 0 spiro atoms. The second-order valence-corrected chi connectivity index (χ2v) is 6.96. The van der Waals surface area contributed by atoms with Crippen molar-refractivity contribution in [3.8, 4) is 5.75 Å². The maximum Gasteiger partial charge on any atom is 0.228 e. The van der Waals surface area contributed by atoms with E-state index in [2.05, 4.69) is 30.2 Å². The third kappa shape index (κ3) is 5.45. The van der Waals surface area contributed by atoms with Gasteiger partial charge in [0.15, 0.2) is 5.82 Å². The molecule has 7 nitrogen and oxygen atoms in total. The molecule has 1 saturated heterocycles. The molecule has 29 heavy (non-hydrogen) atoms. The van der Waals surface area contributed by atoms with E-state index in [0.717, 1.165) is 38.2 Å². The summed E-state index contributed by atoms with van der Waals surface area (Å²) in [5, 5.41) is 3.09. The highest BCUT2D eigenvalue weighted by Crippen LogP contribution is 2.26. The predicted octanol–water partition coefficient (Wildman–Crippen LogP) is 3.41. The molecule has 0 amide bonds. The van der Waals surface area contributed by atoms with E-state index in [1.54, 1.807) is 36.9 Å². The largest absolute Gasteiger partial charge is 0.492 e. The lowest BCUT2D eigenvalue weighted by Crippen LogP contribution is -2.37. The van der Waals surface area contributed by atoms with Crippen LogP contribution in [0.4, 0.5) is 16.2 Å². The standard InChI is InChI=1S/C21H23FN6O/c22-17-3-5-18(6-4-17)29-13-12-28-11-1-2-16(15-28)19-7-8-25-21(26-19)27-20-14-23-9-10-24-20/h3-10,14,16H,1-2,11-13,15H2,(H,24,25,26,27). The Labute approximate surface area is 169 Å². The number of ether oxygens (including phenoxy) is 1. The summed E-state index contributed by atoms with van der Waals surface area (Å²) in [6, 6.07) is 8.11. The van der Waals surface area contributed by atoms with E-state index >= 15 is 0 Å². The van der Waals surface area contributed by atoms with Gasteiger partial charge in [-0.05, 0) is 49.7 Å². The van der Waals surface area contributed by atoms with Crippen molar-refractivity contribution >= 4 is 11.8 Å². The van der Waals surface area contributed by atoms with Crippen molar-refractivity contribution in [3.63, 3.8) is 0 Å². The Morgan fingerprint density at radius 2 is 2.00 bits per heavy atom. The highest BCUT2D eigenvalue weighted by Gasteiger charge is 2.22. The summed E-state index contributed by atoms with van der Waals surface area (Å²) >= 11 is 0. The minimum Gasteiger partial charge on any atom is -0.492 e. The number of hydrogen-bond acceptors (Lipinski definition) is 7. The molecular weight excluding hydrogens is 371 g/mol. The first-order valence-electron chi connectivity index (χ1n) is 9.73. The van der Waals surface area contributed by atoms with Crippen LogP contribution in [0.25, 0.3) is 0 Å². The van der Waals surface area contributed by atoms with Gasteiger partial charge in [0.1, 0.15) is 18.2 Å². The van der Waals surface area contributed by atoms with Crippen molar-refractivity contribution in [3.05, 3.63) is 66.6 Å². The number of anilines is 2. The van der Waals surface area contributed by atoms with E-state index in [0.29, 0.717) is 30.0 Å². The van der Waals surface area contributed by atoms with E-state index < -0.39 is 0 Å². The van der Waals surface area contributed by atoms with E-state index in [-0.39, 0.29) is 5.82 Å². The van der Waals surface area contributed by atoms with Crippen LogP contribution in [0, 0.1) is 5.82 Å². The molecule has 3 heterocycles. The first kappa shape index (κ1) is 19.2. The maximum absolute atomic E-state index is 13.0. The quantitative estimate of drug-likeness (QED) is 0.658. The van der Waals surface area contributed by atoms with Gasteiger partial charge in [-0.15, -0.1) is 0 Å². The molecule has 0 aliphatic carbocycles. The Morgan fingerprint density at radius 3 is 2.83 bits per heavy atom. The van der Waals surface area contributed by atoms with Crippen LogP contribution in [0.1, 0.15) is 24.5 Å². The third-order valence-corrected chi connectivity index (χ3v) is 4.89. The summed E-state index contributed by atoms with van der Waals surface area (Å²) in [6.45, 7) is 3.36. The number of likely N-dealkylation sites (tertiary alicyclic amines) is 1. The lowest BCUT2D eigenvalue weighted by Gasteiger charge is -2.32. The zero-order valence-corrected chi connectivity index (χ0v) is 16.0. The first-order valence-corrected chi connectivity index (χ1v) is 9.73. The van der Waals surface area contributed by atoms with Crippen molar-refractivity contribution in [2.24, 2.45) is 0 Å². The fraction of sp³-hybridized carbons (Fsp3) is 0.333. The van der Waals surface area contributed by atoms with Crippen LogP contribution in [0.2, 0.25) is 0 Å². The van der Waals surface area contributed by atoms with Gasteiger partial charge < -0.3 is 10.1 Å². The topological polar surface area (TPSA) is 76.1 Å². The molecule has 1 aliphatic rings. The molecular formula is C21H23FN6O. The smallest absolute Gasteiger partial charge is 0.228 e. The number of halogens is 1. The number of nitrogens with zero attached hydrogens (tertiary/aromatic N) is 5. The number of nitrogens with one attached hydrogen (secondary N) is 1. The van der Waals surface area contributed by atoms with Crippen molar-refractivity contribution in [1.82, 2.24) is 24.8 Å². The van der Waals surface area contributed by atoms with Crippen LogP contribution in [-0.2, 0) is 0 Å². The first-order chi connectivity index (χ1) is 14.3. The Morgan fingerprint density at radius 1 is 1.10 bits per heavy atom. The number of benzene rings is 1. The summed E-state index contributed by atoms with van der Waals surface area (Å²) in [6.07, 6.45) is 8.87. The highest BCUT2D eigenvalue weighted by atomic mass is 19.1. The van der Waals surface area contributed by atoms with Crippen molar-refractivity contribution in [1.29, 1.82) is 0 Å². The molecule has 4 rings (SSSR count). The minimum atomic E-state index is -0.255. The van der Waals surface area contributed by atoms with Gasteiger partial charge in [-0.25, -0.2) is 19.3 Å². The summed E-state index contributed by atoms with van der Waals surface area (Å²) in [7, 11) is 0. The average molecular weight is 394 g/mol. The van der Waals surface area contributed by atoms with Gasteiger partial charge >= 0.3 is 0 Å². The van der Waals surface area contributed by atoms with Gasteiger partial charge in [-0.1, -0.05) is 0 Å². The highest BCUT2D eigenvalue weighted by molar-refractivity contribution is 5.45. The molecule has 3 aromatic rings. The van der Waals surface area contributed by atoms with Gasteiger partial charge in [0, 0.05) is 37.6 Å². The Bertz CT molecular complexity index is 909. The zero-order valence-electron chi connectivity index (χ0n) is 16.0. The van der Waals surface area contributed by atoms with Crippen molar-refractivity contribution in [2.75, 3.05) is 31.6 Å². The summed E-state index contributed by atoms with van der Waals surface area (Å²) in [5.74, 6) is 1.93. The molecule has 0 bridgehead atoms. The molecule has 1 unspecified atom stereocenters. The van der Waals surface area contributed by atoms with E-state index in [9.17, 15) is 4.39 Å². The van der Waals surface area contributed by atoms with E-state index in [1.165, 1.54) is 12.1 Å². The molecule has 1 aromatic carbocycles. The minimum absolute atomic E-state index is 0.255. The van der Waals surface area contributed by atoms with Crippen LogP contribution in [-0.4, -0.2) is 51.1 Å². The molecule has 150 valence electrons. The van der Waals surface area contributed by atoms with Crippen molar-refractivity contribution < 1.29 is 9.13 Å². The van der Waals surface area contributed by atoms with Gasteiger partial charge in [0.05, 0.1) is 11.9 Å². The second-order valence-electron chi connectivity index (χ2n) is 6.96. The summed E-state index contributed by atoms with van der Waals surface area (Å²) in [5.41, 5.74) is 1.02. The number of aromatic nitrogens is 4. The van der Waals surface area contributed by atoms with Crippen LogP contribution in [0.3, 0.4) is 0 Å². The van der Waals surface area contributed by atoms with E-state index in [1.807, 2.05) is 6.07 Å². The molecule has 1 atom stereocenters. The molecule has 0 saturated carbocycles. The fourth-order valence-electron chi connectivity index (χ4n) is 3.46. The molecule has 0 radical (unpaired) electrons. The molecule has 1 fully saturated rings. The van der Waals surface area contributed by atoms with Crippen LogP contribution >= 0.6 is 0 Å². The zero-order chi connectivity index (χ0) is 19.9. The lowest BCUT2D eigenvalue weighted by molar-refractivity contribution is 0.169. The predicted molar refractivity (Wildman–Crippen MR) is 108 cm³/mol. The monoisotopic (exact) mass is 394 g/mol. The van der Waals surface area contributed by atoms with Gasteiger partial charge in [-0.2, -0.15) is 0 Å². The Balaban J connectivity index is 1.32. The van der Waals surface area contributed by atoms with Crippen LogP contribution in [0.15, 0.2) is 55.1 Å². The Kier molecular flexibility index (Phi) is 6.21. The lowest BCUT2D eigenvalue weighted by atomic mass is 9.94. The molecule has 2 aromatic heterocycles. The molecule has 1 aliphatic heterocycles. The third-order valence-electron chi connectivity index (χ3n) is 4.89. The van der Waals surface area contributed by atoms with Crippen LogP contribution < -0.4 is 10.1 Å². The second kappa shape index (κ2) is 9.38. The SMILES string of the molecule is Fc1ccc(OCCN2CCCC(c3ccnc(Nc4cnccn4)n3)C2)cc1. The summed E-state index contributed by atoms with van der Waals surface area (Å²) in [4.78, 5) is 19.6. The van der Waals surface area contributed by atoms with Gasteiger partial charge in [0.2, 0.25) is 5.95 Å². The molecule has 8 heteroatoms. The number of piperidine rings is 1. The number of hydrogen-bond donors (Lipinski definition) is 1. The normalized spacial score (nSPS) is 17.1. The van der Waals surface area contributed by atoms with E-state index in [4.69, 9.17) is 4.74 Å². The van der Waals surface area contributed by atoms with Gasteiger partial charge in [0.25, 0.3) is 0 Å². The molecule has 1 N–H and O–H groups in total. The fourth-order valence-corrected chi connectivity index (χ4v) is 3.46. The summed E-state index contributed by atoms with van der Waals surface area (Å²) < 4.78 is 18.7. The Hall–Kier alpha value is -3.13. The van der Waals surface area contributed by atoms with Crippen LogP contribution in [0.5, 0.6) is 5.75 Å². The van der Waals surface area contributed by atoms with Crippen molar-refractivity contribution in [2.45, 2.75) is 18.8 Å².